The summed E-state index contributed by atoms with van der Waals surface area (Å²) in [5.41, 5.74) is 4.07. The van der Waals surface area contributed by atoms with Gasteiger partial charge in [-0.15, -0.1) is 0 Å². The molecule has 98 valence electrons. The zero-order valence-electron chi connectivity index (χ0n) is 11.8. The highest BCUT2D eigenvalue weighted by Gasteiger charge is 2.42. The Morgan fingerprint density at radius 3 is 2.06 bits per heavy atom. The molecule has 0 aromatic rings. The van der Waals surface area contributed by atoms with Crippen LogP contribution in [0.25, 0.3) is 0 Å². The van der Waals surface area contributed by atoms with Crippen LogP contribution < -0.4 is 5.73 Å². The van der Waals surface area contributed by atoms with Crippen molar-refractivity contribution < 1.29 is 4.39 Å². The summed E-state index contributed by atoms with van der Waals surface area (Å²) in [5, 5.41) is 0. The van der Waals surface area contributed by atoms with Crippen LogP contribution in [0.3, 0.4) is 0 Å². The van der Waals surface area contributed by atoms with Gasteiger partial charge >= 0.3 is 0 Å². The molecule has 1 nitrogen and oxygen atoms in total. The van der Waals surface area contributed by atoms with Gasteiger partial charge in [0.1, 0.15) is 5.67 Å². The third-order valence-electron chi connectivity index (χ3n) is 3.82. The van der Waals surface area contributed by atoms with Gasteiger partial charge in [-0.2, -0.15) is 0 Å². The predicted molar refractivity (Wildman–Crippen MR) is 70.3 cm³/mol. The monoisotopic (exact) mass is 231 g/mol. The Bertz CT molecular complexity index is 186. The molecule has 2 atom stereocenters. The number of rotatable bonds is 7. The third kappa shape index (κ3) is 4.40. The first-order valence-electron chi connectivity index (χ1n) is 6.69. The molecule has 16 heavy (non-hydrogen) atoms. The number of alkyl halides is 1. The molecule has 0 spiro atoms. The lowest BCUT2D eigenvalue weighted by Gasteiger charge is -2.39. The summed E-state index contributed by atoms with van der Waals surface area (Å²) in [6.45, 7) is 10.3. The van der Waals surface area contributed by atoms with Crippen LogP contribution in [0.2, 0.25) is 0 Å². The van der Waals surface area contributed by atoms with Crippen LogP contribution in [0.15, 0.2) is 0 Å². The van der Waals surface area contributed by atoms with Gasteiger partial charge in [-0.1, -0.05) is 60.3 Å². The molecule has 0 saturated heterocycles. The quantitative estimate of drug-likeness (QED) is 0.694. The maximum Gasteiger partial charge on any atom is 0.128 e. The SMILES string of the molecule is CCCCC(CC)CC(F)(CN)C(C)(C)C. The molecule has 0 aliphatic carbocycles. The minimum atomic E-state index is -1.22. The zero-order chi connectivity index (χ0) is 12.8. The second kappa shape index (κ2) is 6.58. The van der Waals surface area contributed by atoms with Crippen molar-refractivity contribution in [3.05, 3.63) is 0 Å². The average molecular weight is 231 g/mol. The van der Waals surface area contributed by atoms with E-state index in [0.29, 0.717) is 12.3 Å². The number of unbranched alkanes of at least 4 members (excludes halogenated alkanes) is 1. The van der Waals surface area contributed by atoms with Gasteiger partial charge in [-0.3, -0.25) is 0 Å². The minimum absolute atomic E-state index is 0.138. The van der Waals surface area contributed by atoms with Crippen molar-refractivity contribution in [2.24, 2.45) is 17.1 Å². The Kier molecular flexibility index (Phi) is 6.54. The van der Waals surface area contributed by atoms with E-state index >= 15 is 0 Å². The third-order valence-corrected chi connectivity index (χ3v) is 3.82. The molecule has 0 rings (SSSR count). The van der Waals surface area contributed by atoms with Gasteiger partial charge in [0.05, 0.1) is 0 Å². The van der Waals surface area contributed by atoms with Crippen LogP contribution >= 0.6 is 0 Å². The molecule has 0 bridgehead atoms. The molecule has 0 aliphatic rings. The van der Waals surface area contributed by atoms with Crippen LogP contribution in [0.1, 0.15) is 66.7 Å². The van der Waals surface area contributed by atoms with E-state index in [1.807, 2.05) is 20.8 Å². The molecule has 2 heteroatoms. The number of halogens is 1. The normalized spacial score (nSPS) is 18.2. The average Bonchev–Trinajstić information content (AvgIpc) is 2.22. The summed E-state index contributed by atoms with van der Waals surface area (Å²) in [6, 6.07) is 0. The lowest BCUT2D eigenvalue weighted by atomic mass is 9.72. The van der Waals surface area contributed by atoms with Gasteiger partial charge in [0, 0.05) is 6.54 Å². The highest BCUT2D eigenvalue weighted by molar-refractivity contribution is 4.93. The maximum absolute atomic E-state index is 14.8. The second-order valence-corrected chi connectivity index (χ2v) is 6.04. The number of hydrogen-bond acceptors (Lipinski definition) is 1. The van der Waals surface area contributed by atoms with Crippen LogP contribution in [0.4, 0.5) is 4.39 Å². The van der Waals surface area contributed by atoms with Crippen molar-refractivity contribution in [3.63, 3.8) is 0 Å². The van der Waals surface area contributed by atoms with Crippen LogP contribution in [-0.4, -0.2) is 12.2 Å². The fourth-order valence-corrected chi connectivity index (χ4v) is 2.10. The van der Waals surface area contributed by atoms with Gasteiger partial charge in [-0.05, 0) is 17.8 Å². The van der Waals surface area contributed by atoms with Crippen LogP contribution in [-0.2, 0) is 0 Å². The van der Waals surface area contributed by atoms with E-state index in [9.17, 15) is 4.39 Å². The fraction of sp³-hybridized carbons (Fsp3) is 1.00. The molecule has 0 radical (unpaired) electrons. The van der Waals surface area contributed by atoms with E-state index in [4.69, 9.17) is 5.73 Å². The highest BCUT2D eigenvalue weighted by Crippen LogP contribution is 2.40. The fourth-order valence-electron chi connectivity index (χ4n) is 2.10. The van der Waals surface area contributed by atoms with Gasteiger partial charge in [0.15, 0.2) is 0 Å². The number of nitrogens with two attached hydrogens (primary N) is 1. The molecular weight excluding hydrogens is 201 g/mol. The lowest BCUT2D eigenvalue weighted by Crippen LogP contribution is -2.46. The zero-order valence-corrected chi connectivity index (χ0v) is 11.8. The van der Waals surface area contributed by atoms with E-state index in [2.05, 4.69) is 13.8 Å². The Morgan fingerprint density at radius 1 is 1.19 bits per heavy atom. The molecule has 0 aromatic heterocycles. The summed E-state index contributed by atoms with van der Waals surface area (Å²) in [5.74, 6) is 0.479. The molecule has 0 aliphatic heterocycles. The summed E-state index contributed by atoms with van der Waals surface area (Å²) in [7, 11) is 0. The summed E-state index contributed by atoms with van der Waals surface area (Å²) in [4.78, 5) is 0. The van der Waals surface area contributed by atoms with Gasteiger partial charge < -0.3 is 5.73 Å². The standard InChI is InChI=1S/C14H30FN/c1-6-8-9-12(7-2)10-14(15,11-16)13(3,4)5/h12H,6-11,16H2,1-5H3. The Morgan fingerprint density at radius 2 is 1.75 bits per heavy atom. The molecular formula is C14H30FN. The largest absolute Gasteiger partial charge is 0.328 e. The summed E-state index contributed by atoms with van der Waals surface area (Å²) >= 11 is 0. The van der Waals surface area contributed by atoms with Crippen molar-refractivity contribution >= 4 is 0 Å². The van der Waals surface area contributed by atoms with Gasteiger partial charge in [0.2, 0.25) is 0 Å². The van der Waals surface area contributed by atoms with Gasteiger partial charge in [0.25, 0.3) is 0 Å². The molecule has 2 N–H and O–H groups in total. The van der Waals surface area contributed by atoms with E-state index < -0.39 is 5.67 Å². The Labute approximate surface area is 101 Å². The summed E-state index contributed by atoms with van der Waals surface area (Å²) < 4.78 is 14.8. The van der Waals surface area contributed by atoms with E-state index in [-0.39, 0.29) is 12.0 Å². The summed E-state index contributed by atoms with van der Waals surface area (Å²) in [6.07, 6.45) is 5.19. The number of hydrogen-bond donors (Lipinski definition) is 1. The minimum Gasteiger partial charge on any atom is -0.328 e. The van der Waals surface area contributed by atoms with Crippen LogP contribution in [0.5, 0.6) is 0 Å². The molecule has 2 unspecified atom stereocenters. The Hall–Kier alpha value is -0.110. The first-order chi connectivity index (χ1) is 7.30. The van der Waals surface area contributed by atoms with Gasteiger partial charge in [-0.25, -0.2) is 4.39 Å². The van der Waals surface area contributed by atoms with Crippen molar-refractivity contribution in [3.8, 4) is 0 Å². The molecule has 0 saturated carbocycles. The highest BCUT2D eigenvalue weighted by atomic mass is 19.1. The van der Waals surface area contributed by atoms with Crippen molar-refractivity contribution in [1.29, 1.82) is 0 Å². The van der Waals surface area contributed by atoms with E-state index in [1.54, 1.807) is 0 Å². The van der Waals surface area contributed by atoms with Crippen molar-refractivity contribution in [2.75, 3.05) is 6.54 Å². The Balaban J connectivity index is 4.49. The molecule has 0 heterocycles. The first kappa shape index (κ1) is 15.9. The van der Waals surface area contributed by atoms with Crippen molar-refractivity contribution in [1.82, 2.24) is 0 Å². The maximum atomic E-state index is 14.8. The smallest absolute Gasteiger partial charge is 0.128 e. The molecule has 0 amide bonds. The topological polar surface area (TPSA) is 26.0 Å². The first-order valence-corrected chi connectivity index (χ1v) is 6.69. The predicted octanol–water partition coefficient (Wildman–Crippen LogP) is 4.31. The second-order valence-electron chi connectivity index (χ2n) is 6.04. The molecule has 0 aromatic carbocycles. The molecule has 0 fully saturated rings. The van der Waals surface area contributed by atoms with E-state index in [1.165, 1.54) is 12.8 Å². The van der Waals surface area contributed by atoms with Crippen molar-refractivity contribution in [2.45, 2.75) is 72.4 Å². The van der Waals surface area contributed by atoms with Crippen LogP contribution in [0, 0.1) is 11.3 Å². The lowest BCUT2D eigenvalue weighted by molar-refractivity contribution is 0.0113. The van der Waals surface area contributed by atoms with E-state index in [0.717, 1.165) is 12.8 Å².